The van der Waals surface area contributed by atoms with Crippen LogP contribution in [0, 0.1) is 5.82 Å². The van der Waals surface area contributed by atoms with Gasteiger partial charge in [-0.15, -0.1) is 0 Å². The maximum atomic E-state index is 13.1. The first kappa shape index (κ1) is 14.0. The average Bonchev–Trinajstić information content (AvgIpc) is 3.12. The van der Waals surface area contributed by atoms with Gasteiger partial charge in [-0.3, -0.25) is 4.79 Å². The molecule has 21 heavy (non-hydrogen) atoms. The van der Waals surface area contributed by atoms with Crippen LogP contribution in [0.2, 0.25) is 5.02 Å². The zero-order chi connectivity index (χ0) is 14.8. The zero-order valence-corrected chi connectivity index (χ0v) is 11.7. The minimum Gasteiger partial charge on any atom is -0.337 e. The topological polar surface area (TPSA) is 80.0 Å². The Bertz CT molecular complexity index is 670. The molecule has 3 rings (SSSR count). The highest BCUT2D eigenvalue weighted by Crippen LogP contribution is 2.24. The molecular weight excluding hydrogens is 299 g/mol. The molecule has 1 saturated heterocycles. The lowest BCUT2D eigenvalue weighted by molar-refractivity contribution is 0.101. The molecule has 0 saturated carbocycles. The SMILES string of the molecule is O=C(Nc1cc(F)ccc1Cl)c1noc(C2CCCN2)n1. The molecule has 0 bridgehead atoms. The van der Waals surface area contributed by atoms with Crippen molar-refractivity contribution in [2.24, 2.45) is 0 Å². The molecule has 0 spiro atoms. The number of carbonyl (C=O) groups is 1. The van der Waals surface area contributed by atoms with Crippen LogP contribution in [-0.2, 0) is 0 Å². The summed E-state index contributed by atoms with van der Waals surface area (Å²) >= 11 is 5.88. The summed E-state index contributed by atoms with van der Waals surface area (Å²) in [5.74, 6) is -0.837. The summed E-state index contributed by atoms with van der Waals surface area (Å²) in [6.45, 7) is 0.882. The predicted octanol–water partition coefficient (Wildman–Crippen LogP) is 2.54. The summed E-state index contributed by atoms with van der Waals surface area (Å²) in [6, 6.07) is 3.67. The molecule has 1 aliphatic heterocycles. The van der Waals surface area contributed by atoms with Crippen LogP contribution in [-0.4, -0.2) is 22.6 Å². The van der Waals surface area contributed by atoms with Crippen molar-refractivity contribution in [2.75, 3.05) is 11.9 Å². The first-order chi connectivity index (χ1) is 10.1. The average molecular weight is 311 g/mol. The third-order valence-corrected chi connectivity index (χ3v) is 3.51. The number of hydrogen-bond acceptors (Lipinski definition) is 5. The lowest BCUT2D eigenvalue weighted by Gasteiger charge is -2.04. The Morgan fingerprint density at radius 3 is 3.14 bits per heavy atom. The van der Waals surface area contributed by atoms with Crippen molar-refractivity contribution in [1.29, 1.82) is 0 Å². The van der Waals surface area contributed by atoms with Crippen LogP contribution >= 0.6 is 11.6 Å². The van der Waals surface area contributed by atoms with Crippen LogP contribution < -0.4 is 10.6 Å². The van der Waals surface area contributed by atoms with Gasteiger partial charge >= 0.3 is 0 Å². The van der Waals surface area contributed by atoms with Crippen molar-refractivity contribution in [3.63, 3.8) is 0 Å². The molecule has 1 aliphatic rings. The van der Waals surface area contributed by atoms with Crippen LogP contribution in [0.15, 0.2) is 22.7 Å². The minimum atomic E-state index is -0.601. The van der Waals surface area contributed by atoms with Crippen molar-refractivity contribution in [3.05, 3.63) is 40.8 Å². The molecule has 6 nitrogen and oxygen atoms in total. The molecule has 1 amide bonds. The Hall–Kier alpha value is -1.99. The third-order valence-electron chi connectivity index (χ3n) is 3.18. The van der Waals surface area contributed by atoms with Crippen molar-refractivity contribution in [2.45, 2.75) is 18.9 Å². The molecule has 1 aromatic heterocycles. The monoisotopic (exact) mass is 310 g/mol. The molecule has 2 aromatic rings. The maximum Gasteiger partial charge on any atom is 0.297 e. The second-order valence-corrected chi connectivity index (χ2v) is 5.09. The highest BCUT2D eigenvalue weighted by Gasteiger charge is 2.24. The number of nitrogens with one attached hydrogen (secondary N) is 2. The van der Waals surface area contributed by atoms with Gasteiger partial charge in [-0.1, -0.05) is 16.8 Å². The van der Waals surface area contributed by atoms with Gasteiger partial charge in [0.05, 0.1) is 16.8 Å². The Kier molecular flexibility index (Phi) is 3.85. The smallest absolute Gasteiger partial charge is 0.297 e. The summed E-state index contributed by atoms with van der Waals surface area (Å²) in [4.78, 5) is 16.1. The molecule has 1 fully saturated rings. The third kappa shape index (κ3) is 3.03. The van der Waals surface area contributed by atoms with E-state index in [1.165, 1.54) is 12.1 Å². The number of hydrogen-bond donors (Lipinski definition) is 2. The highest BCUT2D eigenvalue weighted by molar-refractivity contribution is 6.33. The fourth-order valence-corrected chi connectivity index (χ4v) is 2.30. The Labute approximate surface area is 124 Å². The van der Waals surface area contributed by atoms with Gasteiger partial charge < -0.3 is 15.2 Å². The van der Waals surface area contributed by atoms with Gasteiger partial charge in [0, 0.05) is 0 Å². The van der Waals surface area contributed by atoms with Crippen LogP contribution in [0.25, 0.3) is 0 Å². The van der Waals surface area contributed by atoms with Gasteiger partial charge in [0.2, 0.25) is 5.89 Å². The number of amides is 1. The van der Waals surface area contributed by atoms with Gasteiger partial charge in [-0.2, -0.15) is 4.98 Å². The molecule has 1 unspecified atom stereocenters. The van der Waals surface area contributed by atoms with E-state index in [-0.39, 0.29) is 22.6 Å². The standard InChI is InChI=1S/C13H12ClFN4O2/c14-8-4-3-7(15)6-10(8)17-12(20)11-18-13(21-19-11)9-2-1-5-16-9/h3-4,6,9,16H,1-2,5H2,(H,17,20). The number of benzene rings is 1. The molecule has 2 heterocycles. The van der Waals surface area contributed by atoms with Crippen molar-refractivity contribution >= 4 is 23.2 Å². The van der Waals surface area contributed by atoms with E-state index in [1.807, 2.05) is 0 Å². The number of halogens is 2. The van der Waals surface area contributed by atoms with Crippen LogP contribution in [0.1, 0.15) is 35.4 Å². The van der Waals surface area contributed by atoms with Crippen molar-refractivity contribution in [3.8, 4) is 0 Å². The van der Waals surface area contributed by atoms with Gasteiger partial charge in [-0.25, -0.2) is 4.39 Å². The zero-order valence-electron chi connectivity index (χ0n) is 10.9. The molecular formula is C13H12ClFN4O2. The van der Waals surface area contributed by atoms with Gasteiger partial charge in [0.15, 0.2) is 0 Å². The van der Waals surface area contributed by atoms with Crippen LogP contribution in [0.4, 0.5) is 10.1 Å². The van der Waals surface area contributed by atoms with E-state index in [1.54, 1.807) is 0 Å². The number of nitrogens with zero attached hydrogens (tertiary/aromatic N) is 2. The number of aromatic nitrogens is 2. The lowest BCUT2D eigenvalue weighted by atomic mass is 10.2. The molecule has 8 heteroatoms. The summed E-state index contributed by atoms with van der Waals surface area (Å²) in [5.41, 5.74) is 0.159. The summed E-state index contributed by atoms with van der Waals surface area (Å²) in [6.07, 6.45) is 1.91. The molecule has 0 aliphatic carbocycles. The van der Waals surface area contributed by atoms with Gasteiger partial charge in [0.25, 0.3) is 11.7 Å². The van der Waals surface area contributed by atoms with Crippen molar-refractivity contribution < 1.29 is 13.7 Å². The summed E-state index contributed by atoms with van der Waals surface area (Å²) < 4.78 is 18.2. The van der Waals surface area contributed by atoms with Crippen LogP contribution in [0.5, 0.6) is 0 Å². The van der Waals surface area contributed by atoms with E-state index < -0.39 is 11.7 Å². The van der Waals surface area contributed by atoms with E-state index >= 15 is 0 Å². The molecule has 2 N–H and O–H groups in total. The second kappa shape index (κ2) is 5.79. The van der Waals surface area contributed by atoms with E-state index in [0.29, 0.717) is 5.89 Å². The van der Waals surface area contributed by atoms with Gasteiger partial charge in [0.1, 0.15) is 5.82 Å². The second-order valence-electron chi connectivity index (χ2n) is 4.68. The number of anilines is 1. The lowest BCUT2D eigenvalue weighted by Crippen LogP contribution is -2.16. The largest absolute Gasteiger partial charge is 0.337 e. The summed E-state index contributed by atoms with van der Waals surface area (Å²) in [7, 11) is 0. The first-order valence-electron chi connectivity index (χ1n) is 6.47. The van der Waals surface area contributed by atoms with E-state index in [2.05, 4.69) is 20.8 Å². The van der Waals surface area contributed by atoms with Crippen molar-refractivity contribution in [1.82, 2.24) is 15.5 Å². The molecule has 1 atom stereocenters. The Balaban J connectivity index is 1.74. The summed E-state index contributed by atoms with van der Waals surface area (Å²) in [5, 5.41) is 9.51. The number of rotatable bonds is 3. The molecule has 110 valence electrons. The normalized spacial score (nSPS) is 17.9. The quantitative estimate of drug-likeness (QED) is 0.910. The molecule has 0 radical (unpaired) electrons. The number of carbonyl (C=O) groups excluding carboxylic acids is 1. The maximum absolute atomic E-state index is 13.1. The Morgan fingerprint density at radius 2 is 2.38 bits per heavy atom. The predicted molar refractivity (Wildman–Crippen MR) is 73.6 cm³/mol. The highest BCUT2D eigenvalue weighted by atomic mass is 35.5. The minimum absolute atomic E-state index is 0.0168. The van der Waals surface area contributed by atoms with Gasteiger partial charge in [-0.05, 0) is 37.6 Å². The fraction of sp³-hybridized carbons (Fsp3) is 0.308. The van der Waals surface area contributed by atoms with E-state index in [0.717, 1.165) is 25.5 Å². The van der Waals surface area contributed by atoms with E-state index in [9.17, 15) is 9.18 Å². The Morgan fingerprint density at radius 1 is 1.52 bits per heavy atom. The fourth-order valence-electron chi connectivity index (χ4n) is 2.14. The first-order valence-corrected chi connectivity index (χ1v) is 6.84. The molecule has 1 aromatic carbocycles. The van der Waals surface area contributed by atoms with Crippen LogP contribution in [0.3, 0.4) is 0 Å². The van der Waals surface area contributed by atoms with E-state index in [4.69, 9.17) is 16.1 Å².